The number of aryl methyl sites for hydroxylation is 1. The number of hydrogen-bond acceptors (Lipinski definition) is 7. The molecule has 0 radical (unpaired) electrons. The molecule has 8 heteroatoms. The zero-order valence-corrected chi connectivity index (χ0v) is 12.1. The summed E-state index contributed by atoms with van der Waals surface area (Å²) in [5.74, 6) is -1.25. The van der Waals surface area contributed by atoms with Gasteiger partial charge in [0.15, 0.2) is 5.82 Å². The Hall–Kier alpha value is -1.77. The van der Waals surface area contributed by atoms with Crippen molar-refractivity contribution in [2.45, 2.75) is 32.2 Å². The molecule has 0 aliphatic heterocycles. The molecule has 5 N–H and O–H groups in total. The third-order valence-corrected chi connectivity index (χ3v) is 3.35. The topological polar surface area (TPSA) is 136 Å². The maximum Gasteiger partial charge on any atom is 0.339 e. The standard InChI is InChI=1S/C13H21N3O5/c1-3-8-9(4-2)15-16-11(10(8)12(20)21)14-13(5-17,6-18)7-19/h17-19H,3-7H2,1-2H3,(H,14,16)(H,20,21). The van der Waals surface area contributed by atoms with Gasteiger partial charge in [0, 0.05) is 0 Å². The maximum atomic E-state index is 11.5. The summed E-state index contributed by atoms with van der Waals surface area (Å²) in [6.45, 7) is 1.90. The highest BCUT2D eigenvalue weighted by Crippen LogP contribution is 2.23. The van der Waals surface area contributed by atoms with Gasteiger partial charge in [0.2, 0.25) is 0 Å². The second-order valence-corrected chi connectivity index (χ2v) is 4.74. The lowest BCUT2D eigenvalue weighted by atomic mass is 10.00. The molecule has 1 heterocycles. The van der Waals surface area contributed by atoms with Crippen molar-refractivity contribution < 1.29 is 25.2 Å². The van der Waals surface area contributed by atoms with Gasteiger partial charge in [-0.15, -0.1) is 5.10 Å². The summed E-state index contributed by atoms with van der Waals surface area (Å²) in [7, 11) is 0. The first-order chi connectivity index (χ1) is 9.98. The highest BCUT2D eigenvalue weighted by Gasteiger charge is 2.31. The van der Waals surface area contributed by atoms with Crippen LogP contribution in [0.4, 0.5) is 5.82 Å². The van der Waals surface area contributed by atoms with Crippen LogP contribution in [0.3, 0.4) is 0 Å². The minimum Gasteiger partial charge on any atom is -0.478 e. The van der Waals surface area contributed by atoms with Gasteiger partial charge in [-0.2, -0.15) is 5.10 Å². The number of aliphatic hydroxyl groups is 3. The molecule has 0 aliphatic carbocycles. The van der Waals surface area contributed by atoms with Crippen LogP contribution < -0.4 is 5.32 Å². The summed E-state index contributed by atoms with van der Waals surface area (Å²) in [5, 5.41) is 47.8. The zero-order valence-electron chi connectivity index (χ0n) is 12.1. The van der Waals surface area contributed by atoms with Gasteiger partial charge in [-0.1, -0.05) is 13.8 Å². The van der Waals surface area contributed by atoms with Gasteiger partial charge in [-0.3, -0.25) is 0 Å². The molecule has 0 saturated carbocycles. The molecule has 1 aromatic rings. The highest BCUT2D eigenvalue weighted by molar-refractivity contribution is 5.95. The Morgan fingerprint density at radius 1 is 1.10 bits per heavy atom. The molecule has 0 bridgehead atoms. The molecule has 0 spiro atoms. The first-order valence-electron chi connectivity index (χ1n) is 6.71. The average Bonchev–Trinajstić information content (AvgIpc) is 2.51. The lowest BCUT2D eigenvalue weighted by Gasteiger charge is -2.30. The van der Waals surface area contributed by atoms with Gasteiger partial charge >= 0.3 is 5.97 Å². The third kappa shape index (κ3) is 3.46. The van der Waals surface area contributed by atoms with Crippen LogP contribution in [0, 0.1) is 0 Å². The molecule has 0 aromatic carbocycles. The largest absolute Gasteiger partial charge is 0.478 e. The fraction of sp³-hybridized carbons (Fsp3) is 0.615. The summed E-state index contributed by atoms with van der Waals surface area (Å²) in [5.41, 5.74) is -0.380. The normalized spacial score (nSPS) is 11.5. The lowest BCUT2D eigenvalue weighted by Crippen LogP contribution is -2.50. The van der Waals surface area contributed by atoms with Crippen LogP contribution in [-0.2, 0) is 12.8 Å². The Kier molecular flexibility index (Phi) is 6.01. The van der Waals surface area contributed by atoms with E-state index in [0.29, 0.717) is 24.1 Å². The van der Waals surface area contributed by atoms with Gasteiger partial charge in [0.25, 0.3) is 0 Å². The number of carbonyl (C=O) groups is 1. The number of nitrogens with one attached hydrogen (secondary N) is 1. The molecule has 0 unspecified atom stereocenters. The molecule has 1 rings (SSSR count). The number of aromatic nitrogens is 2. The molecule has 0 saturated heterocycles. The number of aromatic carboxylic acids is 1. The number of anilines is 1. The van der Waals surface area contributed by atoms with Crippen molar-refractivity contribution in [2.75, 3.05) is 25.1 Å². The van der Waals surface area contributed by atoms with Crippen molar-refractivity contribution in [1.29, 1.82) is 0 Å². The maximum absolute atomic E-state index is 11.5. The molecule has 118 valence electrons. The average molecular weight is 299 g/mol. The zero-order chi connectivity index (χ0) is 16.0. The molecule has 0 amide bonds. The predicted molar refractivity (Wildman–Crippen MR) is 75.4 cm³/mol. The van der Waals surface area contributed by atoms with E-state index in [4.69, 9.17) is 0 Å². The van der Waals surface area contributed by atoms with Crippen molar-refractivity contribution >= 4 is 11.8 Å². The number of aliphatic hydroxyl groups excluding tert-OH is 3. The number of nitrogens with zero attached hydrogens (tertiary/aromatic N) is 2. The van der Waals surface area contributed by atoms with Crippen LogP contribution in [-0.4, -0.2) is 62.0 Å². The summed E-state index contributed by atoms with van der Waals surface area (Å²) in [4.78, 5) is 11.5. The summed E-state index contributed by atoms with van der Waals surface area (Å²) in [6.07, 6.45) is 1.00. The second-order valence-electron chi connectivity index (χ2n) is 4.74. The summed E-state index contributed by atoms with van der Waals surface area (Å²) < 4.78 is 0. The van der Waals surface area contributed by atoms with Crippen LogP contribution in [0.5, 0.6) is 0 Å². The van der Waals surface area contributed by atoms with Crippen molar-refractivity contribution in [3.8, 4) is 0 Å². The number of hydrogen-bond donors (Lipinski definition) is 5. The van der Waals surface area contributed by atoms with Crippen LogP contribution in [0.15, 0.2) is 0 Å². The van der Waals surface area contributed by atoms with Crippen LogP contribution in [0.1, 0.15) is 35.5 Å². The fourth-order valence-corrected chi connectivity index (χ4v) is 2.01. The number of rotatable bonds is 8. The quantitative estimate of drug-likeness (QED) is 0.430. The van der Waals surface area contributed by atoms with E-state index in [9.17, 15) is 25.2 Å². The van der Waals surface area contributed by atoms with E-state index in [0.717, 1.165) is 0 Å². The molecule has 21 heavy (non-hydrogen) atoms. The Morgan fingerprint density at radius 3 is 2.05 bits per heavy atom. The summed E-state index contributed by atoms with van der Waals surface area (Å²) in [6, 6.07) is 0. The van der Waals surface area contributed by atoms with Crippen LogP contribution in [0.2, 0.25) is 0 Å². The van der Waals surface area contributed by atoms with E-state index in [1.807, 2.05) is 13.8 Å². The van der Waals surface area contributed by atoms with Gasteiger partial charge in [-0.25, -0.2) is 4.79 Å². The van der Waals surface area contributed by atoms with Crippen molar-refractivity contribution in [1.82, 2.24) is 10.2 Å². The summed E-state index contributed by atoms with van der Waals surface area (Å²) >= 11 is 0. The Balaban J connectivity index is 3.39. The lowest BCUT2D eigenvalue weighted by molar-refractivity contribution is 0.0689. The smallest absolute Gasteiger partial charge is 0.339 e. The molecular formula is C13H21N3O5. The van der Waals surface area contributed by atoms with Gasteiger partial charge in [0.05, 0.1) is 25.5 Å². The Labute approximate surface area is 122 Å². The minimum absolute atomic E-state index is 0.0518. The van der Waals surface area contributed by atoms with Gasteiger partial charge < -0.3 is 25.7 Å². The molecule has 0 atom stereocenters. The van der Waals surface area contributed by atoms with Crippen molar-refractivity contribution in [2.24, 2.45) is 0 Å². The Morgan fingerprint density at radius 2 is 1.67 bits per heavy atom. The van der Waals surface area contributed by atoms with Crippen LogP contribution >= 0.6 is 0 Å². The van der Waals surface area contributed by atoms with E-state index in [-0.39, 0.29) is 11.4 Å². The predicted octanol–water partition coefficient (Wildman–Crippen LogP) is -0.573. The monoisotopic (exact) mass is 299 g/mol. The minimum atomic E-state index is -1.46. The first kappa shape index (κ1) is 17.3. The van der Waals surface area contributed by atoms with E-state index < -0.39 is 31.3 Å². The SMILES string of the molecule is CCc1nnc(NC(CO)(CO)CO)c(C(=O)O)c1CC. The number of carboxylic acids is 1. The molecule has 0 fully saturated rings. The van der Waals surface area contributed by atoms with E-state index in [1.54, 1.807) is 0 Å². The molecular weight excluding hydrogens is 278 g/mol. The highest BCUT2D eigenvalue weighted by atomic mass is 16.4. The van der Waals surface area contributed by atoms with Gasteiger partial charge in [0.1, 0.15) is 11.1 Å². The third-order valence-electron chi connectivity index (χ3n) is 3.35. The second kappa shape index (κ2) is 7.30. The molecule has 8 nitrogen and oxygen atoms in total. The van der Waals surface area contributed by atoms with Gasteiger partial charge in [-0.05, 0) is 18.4 Å². The fourth-order valence-electron chi connectivity index (χ4n) is 2.01. The molecule has 0 aliphatic rings. The van der Waals surface area contributed by atoms with E-state index >= 15 is 0 Å². The van der Waals surface area contributed by atoms with Crippen molar-refractivity contribution in [3.63, 3.8) is 0 Å². The first-order valence-corrected chi connectivity index (χ1v) is 6.71. The van der Waals surface area contributed by atoms with Crippen molar-refractivity contribution in [3.05, 3.63) is 16.8 Å². The number of carboxylic acid groups (broad SMARTS) is 1. The van der Waals surface area contributed by atoms with Crippen LogP contribution in [0.25, 0.3) is 0 Å². The van der Waals surface area contributed by atoms with E-state index in [2.05, 4.69) is 15.5 Å². The molecule has 1 aromatic heterocycles. The van der Waals surface area contributed by atoms with E-state index in [1.165, 1.54) is 0 Å². The Bertz CT molecular complexity index is 495.